The highest BCUT2D eigenvalue weighted by molar-refractivity contribution is 6.24. The van der Waals surface area contributed by atoms with Gasteiger partial charge in [-0.15, -0.1) is 11.6 Å². The molecule has 2 bridgehead atoms. The molecule has 2 aliphatic carbocycles. The number of fused-ring (bicyclic) bond motifs is 6. The first-order chi connectivity index (χ1) is 12.2. The molecule has 0 N–H and O–H groups in total. The van der Waals surface area contributed by atoms with Gasteiger partial charge in [0.2, 0.25) is 0 Å². The van der Waals surface area contributed by atoms with Gasteiger partial charge in [-0.2, -0.15) is 0 Å². The molecular formula is C24H21Cl. The molecular weight excluding hydrogens is 324 g/mol. The minimum absolute atomic E-state index is 0.0896. The van der Waals surface area contributed by atoms with Crippen molar-refractivity contribution in [3.8, 4) is 0 Å². The average molecular weight is 345 g/mol. The monoisotopic (exact) mass is 344 g/mol. The van der Waals surface area contributed by atoms with Gasteiger partial charge < -0.3 is 0 Å². The summed E-state index contributed by atoms with van der Waals surface area (Å²) < 4.78 is 0. The molecule has 0 saturated carbocycles. The zero-order valence-corrected chi connectivity index (χ0v) is 15.0. The Bertz CT molecular complexity index is 930. The minimum atomic E-state index is -0.280. The molecule has 3 aromatic rings. The second-order valence-corrected chi connectivity index (χ2v) is 8.48. The molecule has 2 unspecified atom stereocenters. The van der Waals surface area contributed by atoms with E-state index in [1.165, 1.54) is 27.8 Å². The lowest BCUT2D eigenvalue weighted by atomic mass is 9.56. The lowest BCUT2D eigenvalue weighted by Gasteiger charge is -2.51. The Balaban J connectivity index is 1.72. The van der Waals surface area contributed by atoms with Crippen LogP contribution < -0.4 is 0 Å². The van der Waals surface area contributed by atoms with Crippen LogP contribution in [-0.2, 0) is 29.6 Å². The van der Waals surface area contributed by atoms with Gasteiger partial charge >= 0.3 is 0 Å². The van der Waals surface area contributed by atoms with Gasteiger partial charge in [-0.3, -0.25) is 0 Å². The molecule has 25 heavy (non-hydrogen) atoms. The van der Waals surface area contributed by atoms with Gasteiger partial charge in [-0.25, -0.2) is 0 Å². The van der Waals surface area contributed by atoms with Crippen molar-refractivity contribution >= 4 is 11.6 Å². The first-order valence-corrected chi connectivity index (χ1v) is 9.46. The number of alkyl halides is 1. The standard InChI is InChI=1S/C24H21Cl/c25-24-16-20-11-4-6-12-21(20)23(17-24,14-18-8-2-1-3-9-18)15-19-10-5-7-13-22(19)24/h1-13H,14-17H2. The van der Waals surface area contributed by atoms with Gasteiger partial charge in [0.25, 0.3) is 0 Å². The number of hydrogen-bond donors (Lipinski definition) is 0. The van der Waals surface area contributed by atoms with Crippen LogP contribution in [0.5, 0.6) is 0 Å². The van der Waals surface area contributed by atoms with E-state index in [-0.39, 0.29) is 10.3 Å². The van der Waals surface area contributed by atoms with E-state index < -0.39 is 0 Å². The molecule has 0 radical (unpaired) electrons. The van der Waals surface area contributed by atoms with Crippen molar-refractivity contribution in [2.24, 2.45) is 0 Å². The normalized spacial score (nSPS) is 26.6. The molecule has 124 valence electrons. The molecule has 0 aromatic heterocycles. The largest absolute Gasteiger partial charge is 0.114 e. The van der Waals surface area contributed by atoms with E-state index in [1.807, 2.05) is 0 Å². The Kier molecular flexibility index (Phi) is 3.33. The SMILES string of the molecule is ClC12Cc3ccccc3C(Cc3ccccc3)(Cc3ccccc31)C2. The summed E-state index contributed by atoms with van der Waals surface area (Å²) in [5.41, 5.74) is 7.19. The first kappa shape index (κ1) is 15.2. The average Bonchev–Trinajstić information content (AvgIpc) is 2.62. The van der Waals surface area contributed by atoms with Gasteiger partial charge in [0, 0.05) is 5.41 Å². The highest BCUT2D eigenvalue weighted by Crippen LogP contribution is 2.56. The Labute approximate surface area is 154 Å². The maximum atomic E-state index is 7.32. The van der Waals surface area contributed by atoms with Crippen molar-refractivity contribution in [3.05, 3.63) is 107 Å². The van der Waals surface area contributed by atoms with Crippen molar-refractivity contribution < 1.29 is 0 Å². The van der Waals surface area contributed by atoms with E-state index in [1.54, 1.807) is 0 Å². The Morgan fingerprint density at radius 2 is 1.28 bits per heavy atom. The van der Waals surface area contributed by atoms with Crippen molar-refractivity contribution in [1.82, 2.24) is 0 Å². The molecule has 0 fully saturated rings. The third-order valence-corrected chi connectivity index (χ3v) is 6.56. The van der Waals surface area contributed by atoms with Crippen LogP contribution in [0.2, 0.25) is 0 Å². The summed E-state index contributed by atoms with van der Waals surface area (Å²) in [5.74, 6) is 0. The third-order valence-electron chi connectivity index (χ3n) is 6.09. The summed E-state index contributed by atoms with van der Waals surface area (Å²) in [6.07, 6.45) is 4.07. The first-order valence-electron chi connectivity index (χ1n) is 9.08. The van der Waals surface area contributed by atoms with Crippen LogP contribution in [0.1, 0.15) is 34.2 Å². The van der Waals surface area contributed by atoms with E-state index in [0.29, 0.717) is 0 Å². The lowest BCUT2D eigenvalue weighted by Crippen LogP contribution is -2.48. The Hall–Kier alpha value is -2.05. The molecule has 0 amide bonds. The summed E-state index contributed by atoms with van der Waals surface area (Å²) in [6, 6.07) is 28.6. The van der Waals surface area contributed by atoms with Gasteiger partial charge in [-0.05, 0) is 53.5 Å². The maximum absolute atomic E-state index is 7.32. The highest BCUT2D eigenvalue weighted by atomic mass is 35.5. The van der Waals surface area contributed by atoms with Crippen LogP contribution in [0.15, 0.2) is 78.9 Å². The van der Waals surface area contributed by atoms with Crippen LogP contribution in [-0.4, -0.2) is 0 Å². The predicted molar refractivity (Wildman–Crippen MR) is 104 cm³/mol. The summed E-state index contributed by atoms with van der Waals surface area (Å²) in [4.78, 5) is -0.280. The van der Waals surface area contributed by atoms with Crippen LogP contribution in [0, 0.1) is 0 Å². The fourth-order valence-corrected chi connectivity index (χ4v) is 5.80. The predicted octanol–water partition coefficient (Wildman–Crippen LogP) is 5.80. The zero-order chi connectivity index (χ0) is 16.9. The minimum Gasteiger partial charge on any atom is -0.114 e. The molecule has 0 heterocycles. The van der Waals surface area contributed by atoms with Crippen LogP contribution >= 0.6 is 11.6 Å². The van der Waals surface area contributed by atoms with E-state index in [0.717, 1.165) is 25.7 Å². The fraction of sp³-hybridized carbons (Fsp3) is 0.250. The Morgan fingerprint density at radius 1 is 0.680 bits per heavy atom. The van der Waals surface area contributed by atoms with Crippen LogP contribution in [0.25, 0.3) is 0 Å². The fourth-order valence-electron chi connectivity index (χ4n) is 5.22. The molecule has 2 aliphatic rings. The van der Waals surface area contributed by atoms with Gasteiger partial charge in [-0.1, -0.05) is 78.9 Å². The summed E-state index contributed by atoms with van der Waals surface area (Å²) in [6.45, 7) is 0. The second kappa shape index (κ2) is 5.47. The van der Waals surface area contributed by atoms with Crippen molar-refractivity contribution in [3.63, 3.8) is 0 Å². The molecule has 3 aromatic carbocycles. The molecule has 0 nitrogen and oxygen atoms in total. The van der Waals surface area contributed by atoms with Crippen molar-refractivity contribution in [2.45, 2.75) is 36.0 Å². The highest BCUT2D eigenvalue weighted by Gasteiger charge is 2.51. The molecule has 2 atom stereocenters. The lowest BCUT2D eigenvalue weighted by molar-refractivity contribution is 0.278. The molecule has 1 heteroatoms. The van der Waals surface area contributed by atoms with Crippen LogP contribution in [0.3, 0.4) is 0 Å². The van der Waals surface area contributed by atoms with Gasteiger partial charge in [0.05, 0.1) is 4.87 Å². The quantitative estimate of drug-likeness (QED) is 0.515. The zero-order valence-electron chi connectivity index (χ0n) is 14.2. The van der Waals surface area contributed by atoms with E-state index in [4.69, 9.17) is 11.6 Å². The van der Waals surface area contributed by atoms with Crippen LogP contribution in [0.4, 0.5) is 0 Å². The molecule has 0 saturated heterocycles. The molecule has 0 spiro atoms. The van der Waals surface area contributed by atoms with Crippen molar-refractivity contribution in [1.29, 1.82) is 0 Å². The summed E-state index contributed by atoms with van der Waals surface area (Å²) in [5, 5.41) is 0. The van der Waals surface area contributed by atoms with E-state index in [9.17, 15) is 0 Å². The van der Waals surface area contributed by atoms with Gasteiger partial charge in [0.15, 0.2) is 0 Å². The van der Waals surface area contributed by atoms with Crippen molar-refractivity contribution in [2.75, 3.05) is 0 Å². The summed E-state index contributed by atoms with van der Waals surface area (Å²) in [7, 11) is 0. The third kappa shape index (κ3) is 2.35. The smallest absolute Gasteiger partial charge is 0.0746 e. The number of rotatable bonds is 2. The second-order valence-electron chi connectivity index (χ2n) is 7.75. The topological polar surface area (TPSA) is 0 Å². The van der Waals surface area contributed by atoms with Gasteiger partial charge in [0.1, 0.15) is 0 Å². The summed E-state index contributed by atoms with van der Waals surface area (Å²) >= 11 is 7.32. The van der Waals surface area contributed by atoms with E-state index >= 15 is 0 Å². The number of halogens is 1. The maximum Gasteiger partial charge on any atom is 0.0746 e. The number of hydrogen-bond acceptors (Lipinski definition) is 0. The number of benzene rings is 3. The van der Waals surface area contributed by atoms with E-state index in [2.05, 4.69) is 78.9 Å². The molecule has 0 aliphatic heterocycles. The molecule has 5 rings (SSSR count). The Morgan fingerprint density at radius 3 is 2.04 bits per heavy atom.